The van der Waals surface area contributed by atoms with Gasteiger partial charge in [-0.3, -0.25) is 5.43 Å². The third kappa shape index (κ3) is 3.38. The molecule has 2 aromatic carbocycles. The fraction of sp³-hybridized carbons (Fsp3) is 0.0556. The Morgan fingerprint density at radius 1 is 1.00 bits per heavy atom. The maximum Gasteiger partial charge on any atom is 0.147 e. The first-order chi connectivity index (χ1) is 10.7. The highest BCUT2D eigenvalue weighted by atomic mass is 35.5. The second-order valence-corrected chi connectivity index (χ2v) is 5.33. The van der Waals surface area contributed by atoms with Crippen molar-refractivity contribution in [3.63, 3.8) is 0 Å². The van der Waals surface area contributed by atoms with Gasteiger partial charge in [-0.05, 0) is 55.0 Å². The minimum absolute atomic E-state index is 0.686. The van der Waals surface area contributed by atoms with Crippen molar-refractivity contribution in [1.29, 1.82) is 0 Å². The molecular weight excluding hydrogens is 296 g/mol. The van der Waals surface area contributed by atoms with Crippen molar-refractivity contribution >= 4 is 23.5 Å². The largest absolute Gasteiger partial charge is 0.455 e. The van der Waals surface area contributed by atoms with Gasteiger partial charge in [0, 0.05) is 10.6 Å². The summed E-state index contributed by atoms with van der Waals surface area (Å²) in [5, 5.41) is 4.91. The SMILES string of the molecule is Cc1ccccc1N/N=C/c1ccc(-c2ccc(Cl)cc2)o1. The smallest absolute Gasteiger partial charge is 0.147 e. The maximum atomic E-state index is 5.88. The van der Waals surface area contributed by atoms with E-state index in [1.807, 2.05) is 67.6 Å². The summed E-state index contributed by atoms with van der Waals surface area (Å²) < 4.78 is 5.75. The number of hydrazone groups is 1. The molecule has 0 saturated heterocycles. The van der Waals surface area contributed by atoms with Crippen LogP contribution >= 0.6 is 11.6 Å². The molecule has 3 aromatic rings. The minimum Gasteiger partial charge on any atom is -0.455 e. The van der Waals surface area contributed by atoms with Gasteiger partial charge in [0.05, 0.1) is 11.9 Å². The molecule has 1 aromatic heterocycles. The fourth-order valence-electron chi connectivity index (χ4n) is 2.06. The van der Waals surface area contributed by atoms with Gasteiger partial charge in [0.15, 0.2) is 0 Å². The molecule has 0 atom stereocenters. The molecule has 0 saturated carbocycles. The van der Waals surface area contributed by atoms with E-state index in [4.69, 9.17) is 16.0 Å². The summed E-state index contributed by atoms with van der Waals surface area (Å²) in [5.41, 5.74) is 6.11. The van der Waals surface area contributed by atoms with Crippen LogP contribution in [0, 0.1) is 6.92 Å². The molecule has 1 heterocycles. The molecule has 1 N–H and O–H groups in total. The molecule has 0 unspecified atom stereocenters. The van der Waals surface area contributed by atoms with E-state index in [0.717, 1.165) is 22.6 Å². The molecule has 4 heteroatoms. The van der Waals surface area contributed by atoms with E-state index in [2.05, 4.69) is 10.5 Å². The van der Waals surface area contributed by atoms with Gasteiger partial charge >= 0.3 is 0 Å². The molecule has 110 valence electrons. The molecule has 3 rings (SSSR count). The second-order valence-electron chi connectivity index (χ2n) is 4.89. The fourth-order valence-corrected chi connectivity index (χ4v) is 2.18. The van der Waals surface area contributed by atoms with Crippen LogP contribution in [-0.2, 0) is 0 Å². The van der Waals surface area contributed by atoms with E-state index < -0.39 is 0 Å². The van der Waals surface area contributed by atoms with Crippen LogP contribution in [0.2, 0.25) is 5.02 Å². The summed E-state index contributed by atoms with van der Waals surface area (Å²) in [6.45, 7) is 2.03. The molecule has 0 bridgehead atoms. The number of hydrogen-bond donors (Lipinski definition) is 1. The van der Waals surface area contributed by atoms with Gasteiger partial charge in [0.25, 0.3) is 0 Å². The van der Waals surface area contributed by atoms with Crippen LogP contribution in [0.5, 0.6) is 0 Å². The molecule has 0 aliphatic carbocycles. The summed E-state index contributed by atoms with van der Waals surface area (Å²) in [7, 11) is 0. The maximum absolute atomic E-state index is 5.88. The van der Waals surface area contributed by atoms with Crippen LogP contribution in [0.15, 0.2) is 70.2 Å². The standard InChI is InChI=1S/C18H15ClN2O/c1-13-4-2-3-5-17(13)21-20-12-16-10-11-18(22-16)14-6-8-15(19)9-7-14/h2-12,21H,1H3/b20-12+. The number of hydrogen-bond acceptors (Lipinski definition) is 3. The van der Waals surface area contributed by atoms with Gasteiger partial charge in [-0.2, -0.15) is 5.10 Å². The normalized spacial score (nSPS) is 11.0. The molecule has 0 fully saturated rings. The van der Waals surface area contributed by atoms with Crippen molar-refractivity contribution in [3.05, 3.63) is 77.0 Å². The summed E-state index contributed by atoms with van der Waals surface area (Å²) in [6.07, 6.45) is 1.66. The number of para-hydroxylation sites is 1. The van der Waals surface area contributed by atoms with Crippen molar-refractivity contribution in [2.45, 2.75) is 6.92 Å². The highest BCUT2D eigenvalue weighted by Gasteiger charge is 2.03. The Kier molecular flexibility index (Phi) is 4.26. The first-order valence-electron chi connectivity index (χ1n) is 6.93. The number of rotatable bonds is 4. The van der Waals surface area contributed by atoms with E-state index >= 15 is 0 Å². The van der Waals surface area contributed by atoms with Crippen molar-refractivity contribution in [1.82, 2.24) is 0 Å². The number of anilines is 1. The Bertz CT molecular complexity index is 791. The molecule has 0 aliphatic heterocycles. The van der Waals surface area contributed by atoms with Crippen molar-refractivity contribution in [2.24, 2.45) is 5.10 Å². The molecule has 22 heavy (non-hydrogen) atoms. The van der Waals surface area contributed by atoms with Crippen molar-refractivity contribution in [3.8, 4) is 11.3 Å². The monoisotopic (exact) mass is 310 g/mol. The Hall–Kier alpha value is -2.52. The van der Waals surface area contributed by atoms with Gasteiger partial charge in [-0.15, -0.1) is 0 Å². The number of furan rings is 1. The lowest BCUT2D eigenvalue weighted by Gasteiger charge is -2.02. The van der Waals surface area contributed by atoms with Crippen LogP contribution in [0.3, 0.4) is 0 Å². The predicted octanol–water partition coefficient (Wildman–Crippen LogP) is 5.35. The lowest BCUT2D eigenvalue weighted by Crippen LogP contribution is -1.91. The minimum atomic E-state index is 0.686. The predicted molar refractivity (Wildman–Crippen MR) is 91.5 cm³/mol. The number of halogens is 1. The van der Waals surface area contributed by atoms with E-state index in [1.165, 1.54) is 0 Å². The van der Waals surface area contributed by atoms with E-state index in [0.29, 0.717) is 10.8 Å². The number of nitrogens with one attached hydrogen (secondary N) is 1. The van der Waals surface area contributed by atoms with Gasteiger partial charge in [0.1, 0.15) is 11.5 Å². The Morgan fingerprint density at radius 2 is 1.77 bits per heavy atom. The second kappa shape index (κ2) is 6.50. The lowest BCUT2D eigenvalue weighted by atomic mass is 10.2. The van der Waals surface area contributed by atoms with Crippen LogP contribution in [0.1, 0.15) is 11.3 Å². The molecule has 0 radical (unpaired) electrons. The third-order valence-electron chi connectivity index (χ3n) is 3.28. The van der Waals surface area contributed by atoms with E-state index in [9.17, 15) is 0 Å². The van der Waals surface area contributed by atoms with Crippen LogP contribution < -0.4 is 5.43 Å². The topological polar surface area (TPSA) is 37.5 Å². The van der Waals surface area contributed by atoms with E-state index in [1.54, 1.807) is 6.21 Å². The highest BCUT2D eigenvalue weighted by Crippen LogP contribution is 2.23. The van der Waals surface area contributed by atoms with Crippen LogP contribution in [0.4, 0.5) is 5.69 Å². The first-order valence-corrected chi connectivity index (χ1v) is 7.31. The lowest BCUT2D eigenvalue weighted by molar-refractivity contribution is 0.575. The molecule has 0 amide bonds. The molecule has 0 aliphatic rings. The Balaban J connectivity index is 1.70. The molecular formula is C18H15ClN2O. The number of benzene rings is 2. The Morgan fingerprint density at radius 3 is 2.55 bits per heavy atom. The molecule has 3 nitrogen and oxygen atoms in total. The summed E-state index contributed by atoms with van der Waals surface area (Å²) >= 11 is 5.88. The van der Waals surface area contributed by atoms with Gasteiger partial charge in [-0.25, -0.2) is 0 Å². The summed E-state index contributed by atoms with van der Waals surface area (Å²) in [4.78, 5) is 0. The zero-order valence-electron chi connectivity index (χ0n) is 12.1. The average molecular weight is 311 g/mol. The van der Waals surface area contributed by atoms with Crippen LogP contribution in [-0.4, -0.2) is 6.21 Å². The van der Waals surface area contributed by atoms with Crippen molar-refractivity contribution < 1.29 is 4.42 Å². The quantitative estimate of drug-likeness (QED) is 0.520. The van der Waals surface area contributed by atoms with Crippen LogP contribution in [0.25, 0.3) is 11.3 Å². The highest BCUT2D eigenvalue weighted by molar-refractivity contribution is 6.30. The van der Waals surface area contributed by atoms with Gasteiger partial charge in [0.2, 0.25) is 0 Å². The third-order valence-corrected chi connectivity index (χ3v) is 3.53. The van der Waals surface area contributed by atoms with E-state index in [-0.39, 0.29) is 0 Å². The summed E-state index contributed by atoms with van der Waals surface area (Å²) in [6, 6.07) is 19.3. The van der Waals surface area contributed by atoms with Crippen molar-refractivity contribution in [2.75, 3.05) is 5.43 Å². The average Bonchev–Trinajstić information content (AvgIpc) is 2.99. The first kappa shape index (κ1) is 14.4. The summed E-state index contributed by atoms with van der Waals surface area (Å²) in [5.74, 6) is 1.47. The molecule has 0 spiro atoms. The van der Waals surface area contributed by atoms with Gasteiger partial charge < -0.3 is 4.42 Å². The zero-order chi connectivity index (χ0) is 15.4. The number of aryl methyl sites for hydroxylation is 1. The van der Waals surface area contributed by atoms with Gasteiger partial charge in [-0.1, -0.05) is 29.8 Å². The Labute approximate surface area is 134 Å². The zero-order valence-corrected chi connectivity index (χ0v) is 12.8. The number of nitrogens with zero attached hydrogens (tertiary/aromatic N) is 1.